The average Bonchev–Trinajstić information content (AvgIpc) is 3.08. The molecule has 1 aromatic carbocycles. The lowest BCUT2D eigenvalue weighted by Gasteiger charge is -2.40. The van der Waals surface area contributed by atoms with Gasteiger partial charge < -0.3 is 25.7 Å². The third-order valence-corrected chi connectivity index (χ3v) is 4.45. The maximum Gasteiger partial charge on any atom is 0.273 e. The topological polar surface area (TPSA) is 131 Å². The van der Waals surface area contributed by atoms with E-state index in [1.54, 1.807) is 13.0 Å². The van der Waals surface area contributed by atoms with E-state index >= 15 is 0 Å². The molecule has 2 aromatic rings. The Bertz CT molecular complexity index is 781. The molecule has 1 saturated carbocycles. The van der Waals surface area contributed by atoms with Gasteiger partial charge in [0.25, 0.3) is 5.91 Å². The second kappa shape index (κ2) is 7.59. The third kappa shape index (κ3) is 4.04. The molecule has 0 aliphatic heterocycles. The third-order valence-electron chi connectivity index (χ3n) is 4.45. The summed E-state index contributed by atoms with van der Waals surface area (Å²) in [5.74, 6) is 6.19. The van der Waals surface area contributed by atoms with Crippen LogP contribution < -0.4 is 16.9 Å². The zero-order chi connectivity index (χ0) is 18.7. The van der Waals surface area contributed by atoms with Crippen LogP contribution in [0.3, 0.4) is 0 Å². The first-order valence-electron chi connectivity index (χ1n) is 8.45. The van der Waals surface area contributed by atoms with Gasteiger partial charge in [-0.1, -0.05) is 35.5 Å². The summed E-state index contributed by atoms with van der Waals surface area (Å²) in [6.45, 7) is 1.57. The molecule has 1 atom stereocenters. The first-order valence-corrected chi connectivity index (χ1v) is 8.45. The number of hydrazine groups is 1. The van der Waals surface area contributed by atoms with Gasteiger partial charge in [-0.3, -0.25) is 4.79 Å². The molecule has 1 heterocycles. The summed E-state index contributed by atoms with van der Waals surface area (Å²) >= 11 is 0. The maximum atomic E-state index is 12.3. The zero-order valence-electron chi connectivity index (χ0n) is 14.5. The van der Waals surface area contributed by atoms with Gasteiger partial charge in [0, 0.05) is 29.9 Å². The van der Waals surface area contributed by atoms with Crippen LogP contribution in [0.2, 0.25) is 0 Å². The van der Waals surface area contributed by atoms with Gasteiger partial charge >= 0.3 is 0 Å². The highest BCUT2D eigenvalue weighted by Crippen LogP contribution is 2.25. The minimum Gasteiger partial charge on any atom is -0.399 e. The molecule has 26 heavy (non-hydrogen) atoms. The summed E-state index contributed by atoms with van der Waals surface area (Å²) < 4.78 is 5.25. The molecule has 8 heteroatoms. The van der Waals surface area contributed by atoms with E-state index in [4.69, 9.17) is 16.1 Å². The Balaban J connectivity index is 1.52. The van der Waals surface area contributed by atoms with Gasteiger partial charge in [0.05, 0.1) is 11.8 Å². The molecule has 1 aliphatic carbocycles. The number of aliphatic hydroxyl groups is 1. The van der Waals surface area contributed by atoms with Crippen molar-refractivity contribution in [1.29, 1.82) is 0 Å². The second-order valence-corrected chi connectivity index (χ2v) is 6.49. The molecule has 8 nitrogen and oxygen atoms in total. The van der Waals surface area contributed by atoms with Crippen LogP contribution in [0.25, 0.3) is 11.3 Å². The van der Waals surface area contributed by atoms with Crippen molar-refractivity contribution in [3.05, 3.63) is 54.0 Å². The van der Waals surface area contributed by atoms with E-state index in [1.165, 1.54) is 11.2 Å². The fourth-order valence-corrected chi connectivity index (χ4v) is 2.71. The summed E-state index contributed by atoms with van der Waals surface area (Å²) in [4.78, 5) is 12.3. The molecule has 1 unspecified atom stereocenters. The first kappa shape index (κ1) is 18.0. The zero-order valence-corrected chi connectivity index (χ0v) is 14.5. The van der Waals surface area contributed by atoms with Crippen molar-refractivity contribution < 1.29 is 14.4 Å². The molecule has 1 amide bonds. The molecule has 0 spiro atoms. The number of carbonyl (C=O) groups excluding carboxylic acids is 1. The van der Waals surface area contributed by atoms with Gasteiger partial charge in [-0.2, -0.15) is 0 Å². The Morgan fingerprint density at radius 3 is 2.77 bits per heavy atom. The molecule has 0 radical (unpaired) electrons. The first-order chi connectivity index (χ1) is 12.4. The molecule has 0 bridgehead atoms. The van der Waals surface area contributed by atoms with Crippen LogP contribution in [0.4, 0.5) is 0 Å². The quantitative estimate of drug-likeness (QED) is 0.447. The Hall–Kier alpha value is -2.84. The number of hydrogen-bond donors (Lipinski definition) is 4. The molecule has 138 valence electrons. The van der Waals surface area contributed by atoms with E-state index in [1.807, 2.05) is 30.3 Å². The number of hydrogen-bond acceptors (Lipinski definition) is 7. The van der Waals surface area contributed by atoms with E-state index in [9.17, 15) is 9.90 Å². The smallest absolute Gasteiger partial charge is 0.273 e. The predicted molar refractivity (Wildman–Crippen MR) is 96.2 cm³/mol. The van der Waals surface area contributed by atoms with Gasteiger partial charge in [-0.05, 0) is 19.8 Å². The molecule has 1 fully saturated rings. The van der Waals surface area contributed by atoms with Crippen molar-refractivity contribution in [1.82, 2.24) is 15.5 Å². The Morgan fingerprint density at radius 2 is 2.12 bits per heavy atom. The van der Waals surface area contributed by atoms with Crippen molar-refractivity contribution >= 4 is 5.91 Å². The van der Waals surface area contributed by atoms with Crippen LogP contribution in [0.15, 0.2) is 52.8 Å². The lowest BCUT2D eigenvalue weighted by Crippen LogP contribution is -2.54. The van der Waals surface area contributed by atoms with Gasteiger partial charge in [0.1, 0.15) is 0 Å². The number of rotatable bonds is 6. The van der Waals surface area contributed by atoms with Crippen LogP contribution in [0.1, 0.15) is 30.3 Å². The minimum atomic E-state index is -0.748. The number of amides is 1. The highest BCUT2D eigenvalue weighted by Gasteiger charge is 2.33. The lowest BCUT2D eigenvalue weighted by atomic mass is 9.86. The van der Waals surface area contributed by atoms with Crippen molar-refractivity contribution in [2.75, 3.05) is 0 Å². The van der Waals surface area contributed by atoms with E-state index in [0.29, 0.717) is 24.3 Å². The number of aliphatic hydroxyl groups excluding tert-OH is 1. The van der Waals surface area contributed by atoms with Gasteiger partial charge in [-0.15, -0.1) is 0 Å². The monoisotopic (exact) mass is 357 g/mol. The fraction of sp³-hybridized carbons (Fsp3) is 0.333. The van der Waals surface area contributed by atoms with Crippen LogP contribution in [0, 0.1) is 0 Å². The van der Waals surface area contributed by atoms with Crippen LogP contribution in [0.5, 0.6) is 0 Å². The van der Waals surface area contributed by atoms with Crippen LogP contribution >= 0.6 is 0 Å². The summed E-state index contributed by atoms with van der Waals surface area (Å²) in [6.07, 6.45) is 2.16. The van der Waals surface area contributed by atoms with Crippen molar-refractivity contribution in [3.8, 4) is 11.3 Å². The number of nitrogens with one attached hydrogen (secondary N) is 1. The van der Waals surface area contributed by atoms with Crippen LogP contribution in [-0.4, -0.2) is 39.4 Å². The summed E-state index contributed by atoms with van der Waals surface area (Å²) in [5, 5.41) is 17.6. The van der Waals surface area contributed by atoms with E-state index < -0.39 is 6.10 Å². The highest BCUT2D eigenvalue weighted by molar-refractivity contribution is 5.93. The molecule has 0 saturated heterocycles. The number of nitrogens with zero attached hydrogens (tertiary/aromatic N) is 2. The highest BCUT2D eigenvalue weighted by atomic mass is 16.5. The van der Waals surface area contributed by atoms with Crippen molar-refractivity contribution in [3.63, 3.8) is 0 Å². The van der Waals surface area contributed by atoms with E-state index in [-0.39, 0.29) is 23.7 Å². The lowest BCUT2D eigenvalue weighted by molar-refractivity contribution is 0.0838. The fourth-order valence-electron chi connectivity index (χ4n) is 2.71. The van der Waals surface area contributed by atoms with Gasteiger partial charge in [0.2, 0.25) is 0 Å². The molecule has 3 rings (SSSR count). The minimum absolute atomic E-state index is 0.0107. The van der Waals surface area contributed by atoms with Crippen LogP contribution in [-0.2, 0) is 0 Å². The summed E-state index contributed by atoms with van der Waals surface area (Å²) in [5.41, 5.74) is 7.09. The number of aromatic nitrogens is 1. The summed E-state index contributed by atoms with van der Waals surface area (Å²) in [7, 11) is 0. The van der Waals surface area contributed by atoms with E-state index in [2.05, 4.69) is 10.5 Å². The van der Waals surface area contributed by atoms with E-state index in [0.717, 1.165) is 5.56 Å². The molecular weight excluding hydrogens is 334 g/mol. The average molecular weight is 357 g/mol. The standard InChI is InChI=1S/C18H23N5O3/c1-11(24)15(19)10-23(20)14-7-13(8-14)21-18(25)16-9-17(26-22-16)12-5-3-2-4-6-12/h2-6,9-11,13-14,24H,7-8,19-20H2,1H3,(H,21,25)/b15-10-. The molecule has 1 aromatic heterocycles. The molecule has 6 N–H and O–H groups in total. The maximum absolute atomic E-state index is 12.3. The normalized spacial score (nSPS) is 21.0. The number of carbonyl (C=O) groups is 1. The number of nitrogens with two attached hydrogens (primary N) is 2. The Labute approximate surface area is 151 Å². The Kier molecular flexibility index (Phi) is 5.24. The van der Waals surface area contributed by atoms with Gasteiger partial charge in [0.15, 0.2) is 11.5 Å². The molecule has 1 aliphatic rings. The van der Waals surface area contributed by atoms with Crippen molar-refractivity contribution in [2.24, 2.45) is 11.6 Å². The number of benzene rings is 1. The largest absolute Gasteiger partial charge is 0.399 e. The SMILES string of the molecule is CC(O)/C(N)=C/N(N)C1CC(NC(=O)c2cc(-c3ccccc3)on2)C1. The summed E-state index contributed by atoms with van der Waals surface area (Å²) in [6, 6.07) is 11.2. The second-order valence-electron chi connectivity index (χ2n) is 6.49. The van der Waals surface area contributed by atoms with Crippen molar-refractivity contribution in [2.45, 2.75) is 38.0 Å². The molecular formula is C18H23N5O3. The van der Waals surface area contributed by atoms with Gasteiger partial charge in [-0.25, -0.2) is 5.84 Å². The Morgan fingerprint density at radius 1 is 1.42 bits per heavy atom. The predicted octanol–water partition coefficient (Wildman–Crippen LogP) is 0.959.